The highest BCUT2D eigenvalue weighted by atomic mass is 16.3. The molecule has 148 valence electrons. The van der Waals surface area contributed by atoms with Crippen LogP contribution in [0.15, 0.2) is 35.8 Å². The molecule has 1 aliphatic carbocycles. The lowest BCUT2D eigenvalue weighted by atomic mass is 9.77. The van der Waals surface area contributed by atoms with Gasteiger partial charge in [0, 0.05) is 31.5 Å². The number of aromatic nitrogens is 5. The van der Waals surface area contributed by atoms with Gasteiger partial charge in [-0.2, -0.15) is 0 Å². The molecule has 0 spiro atoms. The highest BCUT2D eigenvalue weighted by molar-refractivity contribution is 5.87. The predicted molar refractivity (Wildman–Crippen MR) is 108 cm³/mol. The molecular formula is C20H26N6O2. The summed E-state index contributed by atoms with van der Waals surface area (Å²) < 4.78 is 3.30. The largest absolute Gasteiger partial charge is 0.390 e. The van der Waals surface area contributed by atoms with Crippen molar-refractivity contribution in [2.45, 2.75) is 51.2 Å². The van der Waals surface area contributed by atoms with Crippen LogP contribution in [-0.2, 0) is 7.05 Å². The predicted octanol–water partition coefficient (Wildman–Crippen LogP) is 2.26. The Bertz CT molecular complexity index is 1030. The zero-order valence-electron chi connectivity index (χ0n) is 16.5. The summed E-state index contributed by atoms with van der Waals surface area (Å²) in [5.41, 5.74) is 1.38. The lowest BCUT2D eigenvalue weighted by Crippen LogP contribution is -2.37. The van der Waals surface area contributed by atoms with Crippen LogP contribution in [0.25, 0.3) is 17.0 Å². The molecule has 8 heteroatoms. The van der Waals surface area contributed by atoms with Gasteiger partial charge in [-0.1, -0.05) is 0 Å². The molecule has 1 saturated carbocycles. The van der Waals surface area contributed by atoms with Gasteiger partial charge >= 0.3 is 0 Å². The van der Waals surface area contributed by atoms with E-state index in [0.717, 1.165) is 31.4 Å². The highest BCUT2D eigenvalue weighted by Crippen LogP contribution is 2.34. The van der Waals surface area contributed by atoms with Crippen LogP contribution >= 0.6 is 0 Å². The van der Waals surface area contributed by atoms with Crippen molar-refractivity contribution in [3.05, 3.63) is 41.3 Å². The first-order valence-electron chi connectivity index (χ1n) is 9.67. The Labute approximate surface area is 163 Å². The Kier molecular flexibility index (Phi) is 4.66. The molecule has 0 saturated heterocycles. The quantitative estimate of drug-likeness (QED) is 0.718. The number of aliphatic hydroxyl groups is 1. The van der Waals surface area contributed by atoms with Crippen molar-refractivity contribution in [1.29, 1.82) is 0 Å². The Morgan fingerprint density at radius 3 is 2.64 bits per heavy atom. The second-order valence-corrected chi connectivity index (χ2v) is 8.18. The third-order valence-corrected chi connectivity index (χ3v) is 5.79. The molecule has 0 aliphatic heterocycles. The van der Waals surface area contributed by atoms with Crippen molar-refractivity contribution in [2.24, 2.45) is 13.0 Å². The zero-order valence-corrected chi connectivity index (χ0v) is 16.5. The summed E-state index contributed by atoms with van der Waals surface area (Å²) >= 11 is 0. The summed E-state index contributed by atoms with van der Waals surface area (Å²) in [5, 5.41) is 13.8. The molecule has 0 bridgehead atoms. The van der Waals surface area contributed by atoms with Gasteiger partial charge in [0.05, 0.1) is 23.0 Å². The molecule has 0 amide bonds. The van der Waals surface area contributed by atoms with E-state index in [-0.39, 0.29) is 11.6 Å². The van der Waals surface area contributed by atoms with Gasteiger partial charge in [-0.15, -0.1) is 0 Å². The normalized spacial score (nSPS) is 20.4. The average Bonchev–Trinajstić information content (AvgIpc) is 3.20. The topological polar surface area (TPSA) is 97.9 Å². The van der Waals surface area contributed by atoms with Gasteiger partial charge in [0.15, 0.2) is 0 Å². The van der Waals surface area contributed by atoms with Crippen LogP contribution in [0.5, 0.6) is 0 Å². The molecule has 2 N–H and O–H groups in total. The Hall–Kier alpha value is -2.74. The van der Waals surface area contributed by atoms with Crippen molar-refractivity contribution in [2.75, 3.05) is 5.32 Å². The number of hydrogen-bond acceptors (Lipinski definition) is 6. The van der Waals surface area contributed by atoms with Crippen molar-refractivity contribution < 1.29 is 5.11 Å². The van der Waals surface area contributed by atoms with Gasteiger partial charge < -0.3 is 15.0 Å². The number of anilines is 1. The second kappa shape index (κ2) is 7.01. The fourth-order valence-corrected chi connectivity index (χ4v) is 3.99. The van der Waals surface area contributed by atoms with Crippen molar-refractivity contribution in [1.82, 2.24) is 24.1 Å². The summed E-state index contributed by atoms with van der Waals surface area (Å²) in [6.07, 6.45) is 10.6. The standard InChI is InChI=1S/C20H26N6O2/c1-20(2,28)13-4-6-14(7-5-13)23-15-10-17(27)25(3)16-11-22-19(24-18(15)16)26-9-8-21-12-26/h8-14,23,28H,4-7H2,1-3H3. The van der Waals surface area contributed by atoms with Crippen LogP contribution in [-0.4, -0.2) is 40.8 Å². The van der Waals surface area contributed by atoms with Gasteiger partial charge in [0.2, 0.25) is 5.95 Å². The maximum atomic E-state index is 12.4. The van der Waals surface area contributed by atoms with E-state index in [2.05, 4.69) is 20.3 Å². The fraction of sp³-hybridized carbons (Fsp3) is 0.500. The number of rotatable bonds is 4. The third kappa shape index (κ3) is 3.52. The van der Waals surface area contributed by atoms with Gasteiger partial charge in [-0.3, -0.25) is 9.36 Å². The monoisotopic (exact) mass is 382 g/mol. The molecule has 3 aromatic rings. The smallest absolute Gasteiger partial charge is 0.252 e. The first-order chi connectivity index (χ1) is 13.3. The van der Waals surface area contributed by atoms with E-state index in [1.54, 1.807) is 47.2 Å². The van der Waals surface area contributed by atoms with Crippen LogP contribution < -0.4 is 10.9 Å². The Morgan fingerprint density at radius 1 is 1.25 bits per heavy atom. The molecule has 28 heavy (non-hydrogen) atoms. The fourth-order valence-electron chi connectivity index (χ4n) is 3.99. The maximum Gasteiger partial charge on any atom is 0.252 e. The molecule has 1 fully saturated rings. The molecule has 0 radical (unpaired) electrons. The van der Waals surface area contributed by atoms with Crippen molar-refractivity contribution in [3.63, 3.8) is 0 Å². The molecule has 8 nitrogen and oxygen atoms in total. The minimum absolute atomic E-state index is 0.0980. The molecular weight excluding hydrogens is 356 g/mol. The minimum atomic E-state index is -0.646. The van der Waals surface area contributed by atoms with Crippen LogP contribution in [0.2, 0.25) is 0 Å². The number of hydrogen-bond donors (Lipinski definition) is 2. The average molecular weight is 382 g/mol. The molecule has 3 heterocycles. The number of pyridine rings is 1. The SMILES string of the molecule is Cn1c(=O)cc(NC2CCC(C(C)(C)O)CC2)c2nc(-n3ccnc3)ncc21. The van der Waals surface area contributed by atoms with Gasteiger partial charge in [-0.05, 0) is 45.4 Å². The molecule has 1 aliphatic rings. The zero-order chi connectivity index (χ0) is 19.9. The van der Waals surface area contributed by atoms with Crippen molar-refractivity contribution >= 4 is 16.7 Å². The summed E-state index contributed by atoms with van der Waals surface area (Å²) in [5.74, 6) is 0.818. The number of imidazole rings is 1. The minimum Gasteiger partial charge on any atom is -0.390 e. The summed E-state index contributed by atoms with van der Waals surface area (Å²) in [6.45, 7) is 3.77. The Morgan fingerprint density at radius 2 is 2.00 bits per heavy atom. The number of nitrogens with one attached hydrogen (secondary N) is 1. The molecule has 0 aromatic carbocycles. The van der Waals surface area contributed by atoms with Gasteiger partial charge in [-0.25, -0.2) is 15.0 Å². The van der Waals surface area contributed by atoms with E-state index < -0.39 is 5.60 Å². The number of fused-ring (bicyclic) bond motifs is 1. The van der Waals surface area contributed by atoms with Crippen LogP contribution in [0.4, 0.5) is 5.69 Å². The third-order valence-electron chi connectivity index (χ3n) is 5.79. The second-order valence-electron chi connectivity index (χ2n) is 8.18. The number of nitrogens with zero attached hydrogens (tertiary/aromatic N) is 5. The van der Waals surface area contributed by atoms with E-state index in [1.807, 2.05) is 13.8 Å². The maximum absolute atomic E-state index is 12.4. The van der Waals surface area contributed by atoms with Crippen molar-refractivity contribution in [3.8, 4) is 5.95 Å². The van der Waals surface area contributed by atoms with Crippen LogP contribution in [0.1, 0.15) is 39.5 Å². The van der Waals surface area contributed by atoms with E-state index in [0.29, 0.717) is 22.9 Å². The lowest BCUT2D eigenvalue weighted by molar-refractivity contribution is -0.000388. The first-order valence-corrected chi connectivity index (χ1v) is 9.67. The van der Waals surface area contributed by atoms with E-state index in [4.69, 9.17) is 0 Å². The lowest BCUT2D eigenvalue weighted by Gasteiger charge is -2.36. The molecule has 4 rings (SSSR count). The van der Waals surface area contributed by atoms with Gasteiger partial charge in [0.1, 0.15) is 11.8 Å². The number of aryl methyl sites for hydroxylation is 1. The van der Waals surface area contributed by atoms with E-state index in [1.165, 1.54) is 0 Å². The molecule has 3 aromatic heterocycles. The van der Waals surface area contributed by atoms with E-state index >= 15 is 0 Å². The van der Waals surface area contributed by atoms with Crippen LogP contribution in [0.3, 0.4) is 0 Å². The highest BCUT2D eigenvalue weighted by Gasteiger charge is 2.31. The Balaban J connectivity index is 1.66. The molecule has 0 unspecified atom stereocenters. The van der Waals surface area contributed by atoms with Crippen LogP contribution in [0, 0.1) is 5.92 Å². The van der Waals surface area contributed by atoms with E-state index in [9.17, 15) is 9.90 Å². The first kappa shape index (κ1) is 18.6. The summed E-state index contributed by atoms with van der Waals surface area (Å²) in [4.78, 5) is 25.5. The summed E-state index contributed by atoms with van der Waals surface area (Å²) in [7, 11) is 1.73. The molecule has 0 atom stereocenters. The summed E-state index contributed by atoms with van der Waals surface area (Å²) in [6, 6.07) is 1.86. The van der Waals surface area contributed by atoms with Gasteiger partial charge in [0.25, 0.3) is 5.56 Å².